The van der Waals surface area contributed by atoms with Crippen LogP contribution in [0.5, 0.6) is 0 Å². The van der Waals surface area contributed by atoms with E-state index in [2.05, 4.69) is 26.1 Å². The van der Waals surface area contributed by atoms with E-state index in [1.165, 1.54) is 0 Å². The fourth-order valence-corrected chi connectivity index (χ4v) is 3.43. The summed E-state index contributed by atoms with van der Waals surface area (Å²) in [5.41, 5.74) is 2.77. The van der Waals surface area contributed by atoms with Crippen molar-refractivity contribution >= 4 is 38.3 Å². The number of fused-ring (bicyclic) bond motifs is 6. The van der Waals surface area contributed by atoms with E-state index in [0.29, 0.717) is 33.7 Å². The number of hydrogen-bond acceptors (Lipinski definition) is 5. The molecule has 6 nitrogen and oxygen atoms in total. The van der Waals surface area contributed by atoms with E-state index in [9.17, 15) is 5.26 Å². The molecule has 2 aromatic heterocycles. The molecule has 0 aliphatic carbocycles. The van der Waals surface area contributed by atoms with E-state index in [1.54, 1.807) is 24.4 Å². The molecule has 3 aromatic carbocycles. The summed E-state index contributed by atoms with van der Waals surface area (Å²) in [4.78, 5) is 12.5. The molecule has 128 valence electrons. The summed E-state index contributed by atoms with van der Waals surface area (Å²) in [6.45, 7) is 7.26. The SMILES string of the molecule is [C-]#[N+]c1cc(C#N)cc(-c2nnc3c4ccccc4c4cnccc4c3n2)c1. The van der Waals surface area contributed by atoms with Gasteiger partial charge >= 0.3 is 0 Å². The monoisotopic (exact) mass is 358 g/mol. The lowest BCUT2D eigenvalue weighted by Gasteiger charge is -2.09. The molecule has 5 aromatic rings. The van der Waals surface area contributed by atoms with Crippen molar-refractivity contribution in [2.24, 2.45) is 0 Å². The van der Waals surface area contributed by atoms with Crippen LogP contribution in [0.15, 0.2) is 60.9 Å². The fraction of sp³-hybridized carbons (Fsp3) is 0. The third kappa shape index (κ3) is 2.33. The zero-order valence-electron chi connectivity index (χ0n) is 14.5. The first-order chi connectivity index (χ1) is 13.8. The Morgan fingerprint density at radius 1 is 0.893 bits per heavy atom. The molecular weight excluding hydrogens is 348 g/mol. The van der Waals surface area contributed by atoms with Crippen molar-refractivity contribution < 1.29 is 0 Å². The summed E-state index contributed by atoms with van der Waals surface area (Å²) >= 11 is 0. The quantitative estimate of drug-likeness (QED) is 0.317. The molecule has 0 aliphatic heterocycles. The van der Waals surface area contributed by atoms with E-state index in [0.717, 1.165) is 21.5 Å². The van der Waals surface area contributed by atoms with E-state index < -0.39 is 0 Å². The summed E-state index contributed by atoms with van der Waals surface area (Å²) in [7, 11) is 0. The Kier molecular flexibility index (Phi) is 3.43. The van der Waals surface area contributed by atoms with Crippen LogP contribution < -0.4 is 0 Å². The van der Waals surface area contributed by atoms with Crippen LogP contribution in [0.25, 0.3) is 48.8 Å². The van der Waals surface area contributed by atoms with E-state index in [-0.39, 0.29) is 0 Å². The molecule has 0 spiro atoms. The maximum Gasteiger partial charge on any atom is 0.189 e. The minimum absolute atomic E-state index is 0.366. The molecule has 0 fully saturated rings. The Morgan fingerprint density at radius 3 is 2.54 bits per heavy atom. The van der Waals surface area contributed by atoms with Crippen molar-refractivity contribution in [3.05, 3.63) is 77.9 Å². The Bertz CT molecular complexity index is 1420. The molecule has 6 heteroatoms. The van der Waals surface area contributed by atoms with Crippen LogP contribution in [0.2, 0.25) is 0 Å². The highest BCUT2D eigenvalue weighted by atomic mass is 15.2. The predicted molar refractivity (Wildman–Crippen MR) is 107 cm³/mol. The van der Waals surface area contributed by atoms with Crippen molar-refractivity contribution in [3.63, 3.8) is 0 Å². The van der Waals surface area contributed by atoms with Gasteiger partial charge in [0.25, 0.3) is 0 Å². The van der Waals surface area contributed by atoms with Crippen LogP contribution in [-0.2, 0) is 0 Å². The van der Waals surface area contributed by atoms with Crippen LogP contribution in [0, 0.1) is 17.9 Å². The molecule has 0 saturated heterocycles. The van der Waals surface area contributed by atoms with Gasteiger partial charge in [-0.2, -0.15) is 5.26 Å². The van der Waals surface area contributed by atoms with Gasteiger partial charge < -0.3 is 0 Å². The van der Waals surface area contributed by atoms with Gasteiger partial charge in [0.05, 0.1) is 12.6 Å². The molecule has 2 heterocycles. The normalized spacial score (nSPS) is 10.8. The summed E-state index contributed by atoms with van der Waals surface area (Å²) in [6.07, 6.45) is 3.55. The molecule has 0 radical (unpaired) electrons. The lowest BCUT2D eigenvalue weighted by atomic mass is 10.0. The standard InChI is InChI=1S/C22H10N6/c1-24-15-9-13(11-23)8-14(10-15)22-26-20-18-6-7-25-12-19(18)16-4-2-3-5-17(16)21(20)27-28-22/h2-10,12H. The molecule has 0 saturated carbocycles. The highest BCUT2D eigenvalue weighted by Crippen LogP contribution is 2.33. The zero-order valence-corrected chi connectivity index (χ0v) is 14.5. The molecule has 0 N–H and O–H groups in total. The maximum absolute atomic E-state index is 9.24. The van der Waals surface area contributed by atoms with Gasteiger partial charge in [0.2, 0.25) is 0 Å². The Labute approximate surface area is 159 Å². The van der Waals surface area contributed by atoms with Crippen LogP contribution in [-0.4, -0.2) is 20.2 Å². The molecule has 0 atom stereocenters. The Balaban J connectivity index is 1.89. The average molecular weight is 358 g/mol. The number of pyridine rings is 1. The molecule has 0 bridgehead atoms. The topological polar surface area (TPSA) is 79.7 Å². The highest BCUT2D eigenvalue weighted by molar-refractivity contribution is 6.22. The predicted octanol–water partition coefficient (Wildman–Crippen LogP) is 4.82. The lowest BCUT2D eigenvalue weighted by molar-refractivity contribution is 1.04. The van der Waals surface area contributed by atoms with Crippen molar-refractivity contribution in [2.45, 2.75) is 0 Å². The summed E-state index contributed by atoms with van der Waals surface area (Å²) in [6, 6.07) is 16.8. The molecule has 28 heavy (non-hydrogen) atoms. The minimum Gasteiger partial charge on any atom is -0.264 e. The molecule has 0 unspecified atom stereocenters. The summed E-state index contributed by atoms with van der Waals surface area (Å²) in [5, 5.41) is 21.9. The molecular formula is C22H10N6. The fourth-order valence-electron chi connectivity index (χ4n) is 3.43. The summed E-state index contributed by atoms with van der Waals surface area (Å²) in [5.74, 6) is 0.378. The van der Waals surface area contributed by atoms with Crippen molar-refractivity contribution in [1.82, 2.24) is 20.2 Å². The van der Waals surface area contributed by atoms with Crippen LogP contribution in [0.3, 0.4) is 0 Å². The molecule has 0 aliphatic rings. The first-order valence-corrected chi connectivity index (χ1v) is 8.50. The second-order valence-corrected chi connectivity index (χ2v) is 6.29. The molecule has 0 amide bonds. The highest BCUT2D eigenvalue weighted by Gasteiger charge is 2.14. The van der Waals surface area contributed by atoms with Gasteiger partial charge in [-0.25, -0.2) is 9.83 Å². The van der Waals surface area contributed by atoms with E-state index in [1.807, 2.05) is 36.5 Å². The first-order valence-electron chi connectivity index (χ1n) is 8.50. The summed E-state index contributed by atoms with van der Waals surface area (Å²) < 4.78 is 0. The molecule has 5 rings (SSSR count). The second-order valence-electron chi connectivity index (χ2n) is 6.29. The Morgan fingerprint density at radius 2 is 1.71 bits per heavy atom. The number of nitrogens with zero attached hydrogens (tertiary/aromatic N) is 6. The van der Waals surface area contributed by atoms with Gasteiger partial charge in [0, 0.05) is 39.7 Å². The van der Waals surface area contributed by atoms with Gasteiger partial charge in [-0.15, -0.1) is 10.2 Å². The van der Waals surface area contributed by atoms with Crippen LogP contribution >= 0.6 is 0 Å². The first kappa shape index (κ1) is 15.8. The number of hydrogen-bond donors (Lipinski definition) is 0. The largest absolute Gasteiger partial charge is 0.264 e. The third-order valence-corrected chi connectivity index (χ3v) is 4.67. The third-order valence-electron chi connectivity index (χ3n) is 4.67. The van der Waals surface area contributed by atoms with E-state index >= 15 is 0 Å². The lowest BCUT2D eigenvalue weighted by Crippen LogP contribution is -1.97. The number of aromatic nitrogens is 4. The van der Waals surface area contributed by atoms with Gasteiger partial charge in [-0.05, 0) is 29.7 Å². The minimum atomic E-state index is 0.366. The van der Waals surface area contributed by atoms with Gasteiger partial charge in [0.1, 0.15) is 11.0 Å². The average Bonchev–Trinajstić information content (AvgIpc) is 2.78. The zero-order chi connectivity index (χ0) is 19.1. The van der Waals surface area contributed by atoms with Crippen LogP contribution in [0.1, 0.15) is 5.56 Å². The van der Waals surface area contributed by atoms with E-state index in [4.69, 9.17) is 11.6 Å². The van der Waals surface area contributed by atoms with Crippen molar-refractivity contribution in [2.75, 3.05) is 0 Å². The van der Waals surface area contributed by atoms with Crippen LogP contribution in [0.4, 0.5) is 5.69 Å². The van der Waals surface area contributed by atoms with Gasteiger partial charge in [-0.3, -0.25) is 4.98 Å². The maximum atomic E-state index is 9.24. The van der Waals surface area contributed by atoms with Gasteiger partial charge in [-0.1, -0.05) is 24.3 Å². The van der Waals surface area contributed by atoms with Crippen molar-refractivity contribution in [3.8, 4) is 17.5 Å². The Hall–Kier alpha value is -4.42. The number of rotatable bonds is 1. The van der Waals surface area contributed by atoms with Crippen molar-refractivity contribution in [1.29, 1.82) is 5.26 Å². The number of nitriles is 1. The smallest absolute Gasteiger partial charge is 0.189 e. The van der Waals surface area contributed by atoms with Gasteiger partial charge in [0.15, 0.2) is 11.5 Å². The number of benzene rings is 3. The second kappa shape index (κ2) is 6.08.